The summed E-state index contributed by atoms with van der Waals surface area (Å²) in [5, 5.41) is 0. The van der Waals surface area contributed by atoms with Gasteiger partial charge < -0.3 is 14.2 Å². The summed E-state index contributed by atoms with van der Waals surface area (Å²) in [4.78, 5) is 0. The Labute approximate surface area is 174 Å². The molecule has 2 aliphatic heterocycles. The maximum absolute atomic E-state index is 6.58. The molecule has 3 nitrogen and oxygen atoms in total. The van der Waals surface area contributed by atoms with Crippen LogP contribution in [-0.2, 0) is 39.9 Å². The van der Waals surface area contributed by atoms with Crippen LogP contribution < -0.4 is 0 Å². The number of allylic oxidation sites excluding steroid dienone is 2. The van der Waals surface area contributed by atoms with E-state index in [1.165, 1.54) is 22.3 Å². The summed E-state index contributed by atoms with van der Waals surface area (Å²) in [6.45, 7) is 9.19. The van der Waals surface area contributed by atoms with Gasteiger partial charge in [0.25, 0.3) is 0 Å². The van der Waals surface area contributed by atoms with Gasteiger partial charge in [-0.25, -0.2) is 0 Å². The maximum Gasteiger partial charge on any atom is 0.107 e. The van der Waals surface area contributed by atoms with Crippen LogP contribution in [0.15, 0.2) is 73.8 Å². The molecule has 0 N–H and O–H groups in total. The Morgan fingerprint density at radius 1 is 0.724 bits per heavy atom. The SMILES string of the molecule is C=CCc1ccc(CC(OC(Cc2ccc(CC=C)cc2)C2CO2)C2CO2)cc1. The molecule has 2 aromatic rings. The van der Waals surface area contributed by atoms with Gasteiger partial charge in [-0.3, -0.25) is 0 Å². The molecule has 0 bridgehead atoms. The Balaban J connectivity index is 1.40. The molecule has 2 fully saturated rings. The molecule has 0 aliphatic carbocycles. The number of ether oxygens (including phenoxy) is 3. The van der Waals surface area contributed by atoms with Crippen LogP contribution in [0.4, 0.5) is 0 Å². The zero-order chi connectivity index (χ0) is 20.1. The molecule has 2 aliphatic rings. The predicted molar refractivity (Wildman–Crippen MR) is 116 cm³/mol. The van der Waals surface area contributed by atoms with E-state index >= 15 is 0 Å². The normalized spacial score (nSPS) is 21.9. The van der Waals surface area contributed by atoms with Gasteiger partial charge in [0.05, 0.1) is 25.4 Å². The molecule has 4 unspecified atom stereocenters. The first-order valence-corrected chi connectivity index (χ1v) is 10.5. The van der Waals surface area contributed by atoms with Crippen molar-refractivity contribution < 1.29 is 14.2 Å². The van der Waals surface area contributed by atoms with E-state index in [2.05, 4.69) is 61.7 Å². The molecule has 4 atom stereocenters. The summed E-state index contributed by atoms with van der Waals surface area (Å²) in [6, 6.07) is 17.5. The number of epoxide rings is 2. The van der Waals surface area contributed by atoms with E-state index in [1.54, 1.807) is 0 Å². The molecule has 4 rings (SSSR count). The topological polar surface area (TPSA) is 34.3 Å². The molecular formula is C26H30O3. The third-order valence-corrected chi connectivity index (χ3v) is 5.58. The lowest BCUT2D eigenvalue weighted by Crippen LogP contribution is -2.33. The van der Waals surface area contributed by atoms with Crippen LogP contribution >= 0.6 is 0 Å². The first-order chi connectivity index (χ1) is 14.2. The highest BCUT2D eigenvalue weighted by atomic mass is 16.6. The fraction of sp³-hybridized carbons (Fsp3) is 0.385. The van der Waals surface area contributed by atoms with Crippen molar-refractivity contribution in [2.24, 2.45) is 0 Å². The van der Waals surface area contributed by atoms with Gasteiger partial charge in [-0.2, -0.15) is 0 Å². The first-order valence-electron chi connectivity index (χ1n) is 10.5. The van der Waals surface area contributed by atoms with E-state index < -0.39 is 0 Å². The third kappa shape index (κ3) is 5.89. The molecule has 2 aromatic carbocycles. The highest BCUT2D eigenvalue weighted by Gasteiger charge is 2.40. The largest absolute Gasteiger partial charge is 0.370 e. The zero-order valence-electron chi connectivity index (χ0n) is 17.0. The molecule has 0 spiro atoms. The fourth-order valence-electron chi connectivity index (χ4n) is 3.72. The number of benzene rings is 2. The molecule has 0 radical (unpaired) electrons. The molecular weight excluding hydrogens is 360 g/mol. The van der Waals surface area contributed by atoms with E-state index in [4.69, 9.17) is 14.2 Å². The molecule has 0 amide bonds. The van der Waals surface area contributed by atoms with Crippen molar-refractivity contribution in [1.82, 2.24) is 0 Å². The number of rotatable bonds is 12. The molecule has 3 heteroatoms. The maximum atomic E-state index is 6.58. The van der Waals surface area contributed by atoms with Crippen molar-refractivity contribution >= 4 is 0 Å². The molecule has 0 saturated carbocycles. The average molecular weight is 391 g/mol. The summed E-state index contributed by atoms with van der Waals surface area (Å²) in [6.07, 6.45) is 7.91. The van der Waals surface area contributed by atoms with Gasteiger partial charge in [0, 0.05) is 12.8 Å². The monoisotopic (exact) mass is 390 g/mol. The second-order valence-corrected chi connectivity index (χ2v) is 7.98. The predicted octanol–water partition coefficient (Wildman–Crippen LogP) is 4.48. The summed E-state index contributed by atoms with van der Waals surface area (Å²) in [5.41, 5.74) is 5.13. The van der Waals surface area contributed by atoms with Gasteiger partial charge in [0.2, 0.25) is 0 Å². The Bertz CT molecular complexity index is 731. The lowest BCUT2D eigenvalue weighted by molar-refractivity contribution is -0.0369. The minimum absolute atomic E-state index is 0.0643. The van der Waals surface area contributed by atoms with Crippen molar-refractivity contribution in [3.63, 3.8) is 0 Å². The van der Waals surface area contributed by atoms with Crippen molar-refractivity contribution in [3.8, 4) is 0 Å². The van der Waals surface area contributed by atoms with Gasteiger partial charge in [-0.05, 0) is 35.1 Å². The van der Waals surface area contributed by atoms with Crippen LogP contribution in [0.25, 0.3) is 0 Å². The van der Waals surface area contributed by atoms with Crippen molar-refractivity contribution in [2.45, 2.75) is 50.1 Å². The molecule has 2 heterocycles. The molecule has 29 heavy (non-hydrogen) atoms. The van der Waals surface area contributed by atoms with E-state index in [0.29, 0.717) is 0 Å². The van der Waals surface area contributed by atoms with Gasteiger partial charge >= 0.3 is 0 Å². The van der Waals surface area contributed by atoms with Crippen LogP contribution in [0.5, 0.6) is 0 Å². The van der Waals surface area contributed by atoms with Crippen LogP contribution in [0.3, 0.4) is 0 Å². The number of hydrogen-bond acceptors (Lipinski definition) is 3. The van der Waals surface area contributed by atoms with Gasteiger partial charge in [-0.15, -0.1) is 13.2 Å². The second-order valence-electron chi connectivity index (χ2n) is 7.98. The van der Waals surface area contributed by atoms with Crippen molar-refractivity contribution in [1.29, 1.82) is 0 Å². The Hall–Kier alpha value is -2.20. The third-order valence-electron chi connectivity index (χ3n) is 5.58. The zero-order valence-corrected chi connectivity index (χ0v) is 17.0. The van der Waals surface area contributed by atoms with Crippen LogP contribution in [0, 0.1) is 0 Å². The summed E-state index contributed by atoms with van der Waals surface area (Å²) in [7, 11) is 0. The summed E-state index contributed by atoms with van der Waals surface area (Å²) >= 11 is 0. The standard InChI is InChI=1S/C26H30O3/c1-3-5-19-7-11-21(12-8-19)15-23(25-17-27-25)29-24(26-18-28-26)16-22-13-9-20(6-4-2)10-14-22/h3-4,7-14,23-26H,1-2,5-6,15-18H2. The molecule has 152 valence electrons. The van der Waals surface area contributed by atoms with Crippen molar-refractivity contribution in [2.75, 3.05) is 13.2 Å². The lowest BCUT2D eigenvalue weighted by atomic mass is 10.0. The summed E-state index contributed by atoms with van der Waals surface area (Å²) in [5.74, 6) is 0. The first kappa shape index (κ1) is 20.1. The average Bonchev–Trinajstić information content (AvgIpc) is 3.63. The van der Waals surface area contributed by atoms with Crippen LogP contribution in [0.1, 0.15) is 22.3 Å². The van der Waals surface area contributed by atoms with Crippen LogP contribution in [0.2, 0.25) is 0 Å². The van der Waals surface area contributed by atoms with Crippen LogP contribution in [-0.4, -0.2) is 37.6 Å². The highest BCUT2D eigenvalue weighted by Crippen LogP contribution is 2.28. The Kier molecular flexibility index (Phi) is 6.60. The Morgan fingerprint density at radius 3 is 1.38 bits per heavy atom. The second kappa shape index (κ2) is 9.53. The quantitative estimate of drug-likeness (QED) is 0.396. The van der Waals surface area contributed by atoms with Gasteiger partial charge in [-0.1, -0.05) is 60.7 Å². The minimum Gasteiger partial charge on any atom is -0.370 e. The van der Waals surface area contributed by atoms with E-state index in [9.17, 15) is 0 Å². The smallest absolute Gasteiger partial charge is 0.107 e. The summed E-state index contributed by atoms with van der Waals surface area (Å²) < 4.78 is 17.8. The van der Waals surface area contributed by atoms with E-state index in [-0.39, 0.29) is 24.4 Å². The highest BCUT2D eigenvalue weighted by molar-refractivity contribution is 5.26. The molecule has 2 saturated heterocycles. The van der Waals surface area contributed by atoms with Crippen molar-refractivity contribution in [3.05, 3.63) is 96.1 Å². The molecule has 0 aromatic heterocycles. The fourth-order valence-corrected chi connectivity index (χ4v) is 3.72. The Morgan fingerprint density at radius 2 is 1.07 bits per heavy atom. The van der Waals surface area contributed by atoms with Gasteiger partial charge in [0.15, 0.2) is 0 Å². The van der Waals surface area contributed by atoms with E-state index in [0.717, 1.165) is 38.9 Å². The number of hydrogen-bond donors (Lipinski definition) is 0. The minimum atomic E-state index is 0.0643. The van der Waals surface area contributed by atoms with Gasteiger partial charge in [0.1, 0.15) is 12.2 Å². The van der Waals surface area contributed by atoms with E-state index in [1.807, 2.05) is 12.2 Å². The lowest BCUT2D eigenvalue weighted by Gasteiger charge is -2.23.